The van der Waals surface area contributed by atoms with E-state index in [1.54, 1.807) is 36.4 Å². The maximum absolute atomic E-state index is 11.3. The molecule has 5 nitrogen and oxygen atoms in total. The molecule has 0 atom stereocenters. The molecule has 4 N–H and O–H groups in total. The lowest BCUT2D eigenvalue weighted by Crippen LogP contribution is -2.13. The summed E-state index contributed by atoms with van der Waals surface area (Å²) in [5.74, 6) is -0.751. The van der Waals surface area contributed by atoms with Crippen LogP contribution in [0.3, 0.4) is 0 Å². The second-order valence-corrected chi connectivity index (χ2v) is 4.79. The Morgan fingerprint density at radius 3 is 2.24 bits per heavy atom. The highest BCUT2D eigenvalue weighted by Gasteiger charge is 2.10. The summed E-state index contributed by atoms with van der Waals surface area (Å²) in [6.07, 6.45) is 0. The Kier molecular flexibility index (Phi) is 4.45. The van der Waals surface area contributed by atoms with Gasteiger partial charge in [-0.3, -0.25) is 9.59 Å². The van der Waals surface area contributed by atoms with Gasteiger partial charge in [0.2, 0.25) is 5.91 Å². The van der Waals surface area contributed by atoms with E-state index >= 15 is 0 Å². The van der Waals surface area contributed by atoms with Gasteiger partial charge in [-0.2, -0.15) is 0 Å². The molecule has 0 aliphatic rings. The molecule has 0 unspecified atom stereocenters. The summed E-state index contributed by atoms with van der Waals surface area (Å²) in [6, 6.07) is 11.3. The third-order valence-corrected chi connectivity index (χ3v) is 3.07. The van der Waals surface area contributed by atoms with Crippen LogP contribution < -0.4 is 16.2 Å². The lowest BCUT2D eigenvalue weighted by atomic mass is 10.1. The van der Waals surface area contributed by atoms with E-state index in [0.717, 1.165) is 5.56 Å². The van der Waals surface area contributed by atoms with Crippen LogP contribution in [0.15, 0.2) is 42.5 Å². The van der Waals surface area contributed by atoms with Gasteiger partial charge in [-0.05, 0) is 35.9 Å². The van der Waals surface area contributed by atoms with Crippen molar-refractivity contribution in [3.8, 4) is 5.75 Å². The maximum Gasteiger partial charge on any atom is 0.252 e. The maximum atomic E-state index is 11.3. The van der Waals surface area contributed by atoms with Gasteiger partial charge in [-0.15, -0.1) is 0 Å². The van der Waals surface area contributed by atoms with Crippen LogP contribution >= 0.6 is 11.6 Å². The quantitative estimate of drug-likeness (QED) is 0.885. The fourth-order valence-corrected chi connectivity index (χ4v) is 1.92. The molecule has 0 saturated carbocycles. The Morgan fingerprint density at radius 1 is 1.00 bits per heavy atom. The van der Waals surface area contributed by atoms with Crippen LogP contribution in [-0.2, 0) is 6.61 Å². The highest BCUT2D eigenvalue weighted by atomic mass is 35.5. The number of amides is 2. The van der Waals surface area contributed by atoms with E-state index in [2.05, 4.69) is 0 Å². The number of primary amides is 2. The number of rotatable bonds is 5. The van der Waals surface area contributed by atoms with Crippen LogP contribution in [0.2, 0.25) is 5.02 Å². The summed E-state index contributed by atoms with van der Waals surface area (Å²) in [5, 5.41) is 0.405. The van der Waals surface area contributed by atoms with Gasteiger partial charge in [0, 0.05) is 10.6 Å². The molecule has 108 valence electrons. The van der Waals surface area contributed by atoms with Crippen molar-refractivity contribution in [2.24, 2.45) is 11.5 Å². The summed E-state index contributed by atoms with van der Waals surface area (Å²) in [7, 11) is 0. The minimum absolute atomic E-state index is 0.219. The highest BCUT2D eigenvalue weighted by molar-refractivity contribution is 6.31. The lowest BCUT2D eigenvalue weighted by Gasteiger charge is -2.10. The molecule has 0 radical (unpaired) electrons. The number of halogens is 1. The van der Waals surface area contributed by atoms with Gasteiger partial charge in [0.1, 0.15) is 12.4 Å². The van der Waals surface area contributed by atoms with E-state index < -0.39 is 11.8 Å². The van der Waals surface area contributed by atoms with Crippen molar-refractivity contribution in [3.05, 3.63) is 64.2 Å². The highest BCUT2D eigenvalue weighted by Crippen LogP contribution is 2.23. The van der Waals surface area contributed by atoms with E-state index in [1.165, 1.54) is 6.07 Å². The molecule has 2 aromatic carbocycles. The van der Waals surface area contributed by atoms with Crippen LogP contribution in [0.25, 0.3) is 0 Å². The van der Waals surface area contributed by atoms with Gasteiger partial charge >= 0.3 is 0 Å². The summed E-state index contributed by atoms with van der Waals surface area (Å²) in [6.45, 7) is 0.223. The number of carbonyl (C=O) groups is 2. The molecule has 0 heterocycles. The Bertz CT molecular complexity index is 684. The first-order valence-corrected chi connectivity index (χ1v) is 6.46. The number of hydrogen-bond donors (Lipinski definition) is 2. The van der Waals surface area contributed by atoms with Crippen LogP contribution in [0.1, 0.15) is 26.3 Å². The van der Waals surface area contributed by atoms with Crippen molar-refractivity contribution in [1.29, 1.82) is 0 Å². The zero-order chi connectivity index (χ0) is 15.4. The molecule has 0 aliphatic carbocycles. The first kappa shape index (κ1) is 14.9. The van der Waals surface area contributed by atoms with Crippen LogP contribution in [0.5, 0.6) is 5.75 Å². The van der Waals surface area contributed by atoms with Crippen LogP contribution in [0, 0.1) is 0 Å². The molecule has 2 aromatic rings. The van der Waals surface area contributed by atoms with Crippen molar-refractivity contribution in [2.75, 3.05) is 0 Å². The van der Waals surface area contributed by atoms with Gasteiger partial charge in [0.15, 0.2) is 0 Å². The zero-order valence-corrected chi connectivity index (χ0v) is 11.8. The fraction of sp³-hybridized carbons (Fsp3) is 0.0667. The van der Waals surface area contributed by atoms with Gasteiger partial charge in [-0.25, -0.2) is 0 Å². The van der Waals surface area contributed by atoms with E-state index in [-0.39, 0.29) is 12.2 Å². The Labute approximate surface area is 126 Å². The first-order valence-electron chi connectivity index (χ1n) is 6.08. The lowest BCUT2D eigenvalue weighted by molar-refractivity contribution is 0.0988. The Balaban J connectivity index is 2.13. The average molecular weight is 305 g/mol. The van der Waals surface area contributed by atoms with E-state index in [0.29, 0.717) is 16.3 Å². The molecule has 2 rings (SSSR count). The molecule has 0 saturated heterocycles. The number of ether oxygens (including phenoxy) is 1. The molecule has 0 bridgehead atoms. The van der Waals surface area contributed by atoms with Crippen molar-refractivity contribution >= 4 is 23.4 Å². The van der Waals surface area contributed by atoms with Gasteiger partial charge in [0.05, 0.1) is 5.56 Å². The van der Waals surface area contributed by atoms with E-state index in [4.69, 9.17) is 27.8 Å². The van der Waals surface area contributed by atoms with E-state index in [1.807, 2.05) is 0 Å². The van der Waals surface area contributed by atoms with Crippen LogP contribution in [-0.4, -0.2) is 11.8 Å². The van der Waals surface area contributed by atoms with Gasteiger partial charge in [-0.1, -0.05) is 23.7 Å². The number of carbonyl (C=O) groups excluding carboxylic acids is 2. The molecule has 2 amide bonds. The minimum Gasteiger partial charge on any atom is -0.488 e. The molecule has 0 spiro atoms. The molecule has 0 fully saturated rings. The average Bonchev–Trinajstić information content (AvgIpc) is 2.46. The predicted molar refractivity (Wildman–Crippen MR) is 79.3 cm³/mol. The smallest absolute Gasteiger partial charge is 0.252 e. The van der Waals surface area contributed by atoms with E-state index in [9.17, 15) is 9.59 Å². The predicted octanol–water partition coefficient (Wildman–Crippen LogP) is 2.12. The second kappa shape index (κ2) is 6.28. The summed E-state index contributed by atoms with van der Waals surface area (Å²) >= 11 is 5.82. The van der Waals surface area contributed by atoms with Crippen molar-refractivity contribution in [2.45, 2.75) is 6.61 Å². The summed E-state index contributed by atoms with van der Waals surface area (Å²) in [4.78, 5) is 22.3. The third kappa shape index (κ3) is 3.73. The number of benzene rings is 2. The standard InChI is InChI=1S/C15H13ClN2O3/c16-11-5-6-13(12(7-11)15(18)20)21-8-9-1-3-10(4-2-9)14(17)19/h1-7H,8H2,(H2,17,19)(H2,18,20). The fourth-order valence-electron chi connectivity index (χ4n) is 1.75. The minimum atomic E-state index is -0.614. The first-order chi connectivity index (χ1) is 9.97. The van der Waals surface area contributed by atoms with Crippen molar-refractivity contribution in [1.82, 2.24) is 0 Å². The number of hydrogen-bond acceptors (Lipinski definition) is 3. The molecule has 6 heteroatoms. The Morgan fingerprint density at radius 2 is 1.67 bits per heavy atom. The normalized spacial score (nSPS) is 10.1. The van der Waals surface area contributed by atoms with Gasteiger partial charge < -0.3 is 16.2 Å². The number of nitrogens with two attached hydrogens (primary N) is 2. The monoisotopic (exact) mass is 304 g/mol. The molecule has 0 aromatic heterocycles. The summed E-state index contributed by atoms with van der Waals surface area (Å²) in [5.41, 5.74) is 11.9. The molecular weight excluding hydrogens is 292 g/mol. The van der Waals surface area contributed by atoms with Crippen molar-refractivity contribution < 1.29 is 14.3 Å². The molecular formula is C15H13ClN2O3. The zero-order valence-electron chi connectivity index (χ0n) is 11.0. The summed E-state index contributed by atoms with van der Waals surface area (Å²) < 4.78 is 5.56. The molecule has 21 heavy (non-hydrogen) atoms. The largest absolute Gasteiger partial charge is 0.488 e. The second-order valence-electron chi connectivity index (χ2n) is 4.35. The SMILES string of the molecule is NC(=O)c1ccc(COc2ccc(Cl)cc2C(N)=O)cc1. The third-order valence-electron chi connectivity index (χ3n) is 2.84. The Hall–Kier alpha value is -2.53. The van der Waals surface area contributed by atoms with Gasteiger partial charge in [0.25, 0.3) is 5.91 Å². The van der Waals surface area contributed by atoms with Crippen LogP contribution in [0.4, 0.5) is 0 Å². The molecule has 0 aliphatic heterocycles. The topological polar surface area (TPSA) is 95.4 Å². The van der Waals surface area contributed by atoms with Crippen molar-refractivity contribution in [3.63, 3.8) is 0 Å².